The van der Waals surface area contributed by atoms with Gasteiger partial charge in [0.25, 0.3) is 0 Å². The second-order valence-corrected chi connectivity index (χ2v) is 8.62. The molecular weight excluding hydrogens is 400 g/mol. The minimum Gasteiger partial charge on any atom is -0.302 e. The standard InChI is InChI=1S/C22H20N4OS2/c1-13-7-15(3)18(8-14(13)2)19-12-29-22(25-19)26-20(27)9-17-11-28-21(24-17)16-5-4-6-23-10-16/h4-8,10-12H,9H2,1-3H3,(H,25,26,27). The summed E-state index contributed by atoms with van der Waals surface area (Å²) in [4.78, 5) is 25.7. The van der Waals surface area contributed by atoms with E-state index in [0.29, 0.717) is 5.13 Å². The molecule has 0 atom stereocenters. The van der Waals surface area contributed by atoms with E-state index >= 15 is 0 Å². The predicted octanol–water partition coefficient (Wildman–Crippen LogP) is 5.44. The first-order chi connectivity index (χ1) is 14.0. The first-order valence-corrected chi connectivity index (χ1v) is 10.9. The molecule has 0 aliphatic rings. The van der Waals surface area contributed by atoms with Crippen LogP contribution in [0.25, 0.3) is 21.8 Å². The molecule has 7 heteroatoms. The fourth-order valence-corrected chi connectivity index (χ4v) is 4.57. The van der Waals surface area contributed by atoms with Crippen molar-refractivity contribution in [2.45, 2.75) is 27.2 Å². The fourth-order valence-electron chi connectivity index (χ4n) is 3.03. The van der Waals surface area contributed by atoms with Crippen LogP contribution in [0.1, 0.15) is 22.4 Å². The number of hydrogen-bond donors (Lipinski definition) is 1. The minimum absolute atomic E-state index is 0.120. The molecule has 0 spiro atoms. The van der Waals surface area contributed by atoms with Gasteiger partial charge in [-0.15, -0.1) is 22.7 Å². The molecule has 0 radical (unpaired) electrons. The van der Waals surface area contributed by atoms with Crippen molar-refractivity contribution in [2.24, 2.45) is 0 Å². The maximum Gasteiger partial charge on any atom is 0.232 e. The SMILES string of the molecule is Cc1cc(C)c(-c2csc(NC(=O)Cc3csc(-c4cccnc4)n3)n2)cc1C. The van der Waals surface area contributed by atoms with Crippen molar-refractivity contribution in [3.05, 3.63) is 69.8 Å². The molecule has 1 amide bonds. The van der Waals surface area contributed by atoms with Gasteiger partial charge in [-0.05, 0) is 55.7 Å². The van der Waals surface area contributed by atoms with Gasteiger partial charge in [-0.1, -0.05) is 6.07 Å². The van der Waals surface area contributed by atoms with Gasteiger partial charge in [0.15, 0.2) is 5.13 Å². The Labute approximate surface area is 177 Å². The normalized spacial score (nSPS) is 10.9. The molecule has 4 rings (SSSR count). The molecular formula is C22H20N4OS2. The summed E-state index contributed by atoms with van der Waals surface area (Å²) in [6, 6.07) is 8.16. The second kappa shape index (κ2) is 8.23. The lowest BCUT2D eigenvalue weighted by Crippen LogP contribution is -2.14. The van der Waals surface area contributed by atoms with Crippen molar-refractivity contribution in [3.8, 4) is 21.8 Å². The molecule has 4 aromatic rings. The Morgan fingerprint density at radius 3 is 2.66 bits per heavy atom. The van der Waals surface area contributed by atoms with Gasteiger partial charge in [0.05, 0.1) is 17.8 Å². The highest BCUT2D eigenvalue weighted by Crippen LogP contribution is 2.29. The van der Waals surface area contributed by atoms with Crippen molar-refractivity contribution in [1.29, 1.82) is 0 Å². The van der Waals surface area contributed by atoms with Crippen LogP contribution in [0, 0.1) is 20.8 Å². The van der Waals surface area contributed by atoms with Crippen LogP contribution in [0.4, 0.5) is 5.13 Å². The molecule has 0 unspecified atom stereocenters. The van der Waals surface area contributed by atoms with Gasteiger partial charge in [0.2, 0.25) is 5.91 Å². The molecule has 5 nitrogen and oxygen atoms in total. The maximum absolute atomic E-state index is 12.4. The molecule has 0 fully saturated rings. The lowest BCUT2D eigenvalue weighted by molar-refractivity contribution is -0.115. The first kappa shape index (κ1) is 19.4. The second-order valence-electron chi connectivity index (χ2n) is 6.90. The van der Waals surface area contributed by atoms with E-state index in [-0.39, 0.29) is 12.3 Å². The number of rotatable bonds is 5. The largest absolute Gasteiger partial charge is 0.302 e. The van der Waals surface area contributed by atoms with Crippen LogP contribution >= 0.6 is 22.7 Å². The number of carbonyl (C=O) groups is 1. The molecule has 3 aromatic heterocycles. The number of nitrogens with zero attached hydrogens (tertiary/aromatic N) is 3. The van der Waals surface area contributed by atoms with Crippen LogP contribution in [0.5, 0.6) is 0 Å². The summed E-state index contributed by atoms with van der Waals surface area (Å²) in [7, 11) is 0. The smallest absolute Gasteiger partial charge is 0.232 e. The van der Waals surface area contributed by atoms with E-state index in [4.69, 9.17) is 0 Å². The van der Waals surface area contributed by atoms with Crippen molar-refractivity contribution >= 4 is 33.7 Å². The van der Waals surface area contributed by atoms with Gasteiger partial charge in [-0.25, -0.2) is 9.97 Å². The highest BCUT2D eigenvalue weighted by Gasteiger charge is 2.13. The van der Waals surface area contributed by atoms with Crippen LogP contribution < -0.4 is 5.32 Å². The monoisotopic (exact) mass is 420 g/mol. The summed E-state index contributed by atoms with van der Waals surface area (Å²) in [6.45, 7) is 6.29. The summed E-state index contributed by atoms with van der Waals surface area (Å²) in [5.74, 6) is -0.120. The summed E-state index contributed by atoms with van der Waals surface area (Å²) < 4.78 is 0. The molecule has 0 saturated carbocycles. The third-order valence-corrected chi connectivity index (χ3v) is 6.37. The van der Waals surface area contributed by atoms with Gasteiger partial charge in [0.1, 0.15) is 5.01 Å². The summed E-state index contributed by atoms with van der Waals surface area (Å²) >= 11 is 2.95. The molecule has 0 saturated heterocycles. The van der Waals surface area contributed by atoms with E-state index in [1.54, 1.807) is 12.4 Å². The van der Waals surface area contributed by atoms with Gasteiger partial charge < -0.3 is 5.32 Å². The number of anilines is 1. The average molecular weight is 421 g/mol. The Kier molecular flexibility index (Phi) is 5.51. The van der Waals surface area contributed by atoms with E-state index in [1.807, 2.05) is 22.9 Å². The molecule has 1 aromatic carbocycles. The van der Waals surface area contributed by atoms with Crippen LogP contribution in [-0.4, -0.2) is 20.9 Å². The van der Waals surface area contributed by atoms with Crippen LogP contribution in [-0.2, 0) is 11.2 Å². The number of amides is 1. The third kappa shape index (κ3) is 4.41. The zero-order chi connectivity index (χ0) is 20.4. The quantitative estimate of drug-likeness (QED) is 0.467. The van der Waals surface area contributed by atoms with E-state index in [9.17, 15) is 4.79 Å². The Balaban J connectivity index is 1.44. The number of carbonyl (C=O) groups excluding carboxylic acids is 1. The number of thiazole rings is 2. The highest BCUT2D eigenvalue weighted by molar-refractivity contribution is 7.14. The summed E-state index contributed by atoms with van der Waals surface area (Å²) in [5.41, 5.74) is 7.37. The minimum atomic E-state index is -0.120. The maximum atomic E-state index is 12.4. The van der Waals surface area contributed by atoms with Crippen LogP contribution in [0.3, 0.4) is 0 Å². The molecule has 3 heterocycles. The zero-order valence-electron chi connectivity index (χ0n) is 16.4. The Bertz CT molecular complexity index is 1160. The molecule has 1 N–H and O–H groups in total. The molecule has 0 aliphatic carbocycles. The lowest BCUT2D eigenvalue weighted by Gasteiger charge is -2.07. The van der Waals surface area contributed by atoms with Crippen molar-refractivity contribution < 1.29 is 4.79 Å². The fraction of sp³-hybridized carbons (Fsp3) is 0.182. The van der Waals surface area contributed by atoms with Gasteiger partial charge >= 0.3 is 0 Å². The van der Waals surface area contributed by atoms with Gasteiger partial charge in [0, 0.05) is 34.3 Å². The molecule has 146 valence electrons. The Morgan fingerprint density at radius 2 is 1.86 bits per heavy atom. The average Bonchev–Trinajstić information content (AvgIpc) is 3.35. The number of benzene rings is 1. The molecule has 0 bridgehead atoms. The van der Waals surface area contributed by atoms with Crippen LogP contribution in [0.15, 0.2) is 47.4 Å². The topological polar surface area (TPSA) is 67.8 Å². The number of nitrogens with one attached hydrogen (secondary N) is 1. The number of aryl methyl sites for hydroxylation is 3. The molecule has 29 heavy (non-hydrogen) atoms. The van der Waals surface area contributed by atoms with E-state index in [2.05, 4.69) is 53.2 Å². The van der Waals surface area contributed by atoms with Gasteiger partial charge in [-0.3, -0.25) is 9.78 Å². The van der Waals surface area contributed by atoms with Crippen LogP contribution in [0.2, 0.25) is 0 Å². The Morgan fingerprint density at radius 1 is 1.03 bits per heavy atom. The number of pyridine rings is 1. The van der Waals surface area contributed by atoms with Crippen molar-refractivity contribution in [1.82, 2.24) is 15.0 Å². The summed E-state index contributed by atoms with van der Waals surface area (Å²) in [6.07, 6.45) is 3.72. The third-order valence-electron chi connectivity index (χ3n) is 4.67. The van der Waals surface area contributed by atoms with E-state index in [0.717, 1.165) is 27.5 Å². The van der Waals surface area contributed by atoms with Crippen molar-refractivity contribution in [3.63, 3.8) is 0 Å². The summed E-state index contributed by atoms with van der Waals surface area (Å²) in [5, 5.41) is 8.25. The molecule has 0 aliphatic heterocycles. The number of hydrogen-bond acceptors (Lipinski definition) is 6. The van der Waals surface area contributed by atoms with Crippen molar-refractivity contribution in [2.75, 3.05) is 5.32 Å². The lowest BCUT2D eigenvalue weighted by atomic mass is 9.99. The number of aromatic nitrogens is 3. The Hall–Kier alpha value is -2.90. The first-order valence-electron chi connectivity index (χ1n) is 9.18. The van der Waals surface area contributed by atoms with E-state index in [1.165, 1.54) is 39.4 Å². The highest BCUT2D eigenvalue weighted by atomic mass is 32.1. The van der Waals surface area contributed by atoms with Gasteiger partial charge in [-0.2, -0.15) is 0 Å². The zero-order valence-corrected chi connectivity index (χ0v) is 18.0. The predicted molar refractivity (Wildman–Crippen MR) is 119 cm³/mol. The van der Waals surface area contributed by atoms with E-state index < -0.39 is 0 Å².